The predicted molar refractivity (Wildman–Crippen MR) is 198 cm³/mol. The summed E-state index contributed by atoms with van der Waals surface area (Å²) in [6, 6.07) is 3.96. The van der Waals surface area contributed by atoms with Crippen molar-refractivity contribution in [3.05, 3.63) is 23.5 Å². The number of nitrogens with zero attached hydrogens (tertiary/aromatic N) is 2. The van der Waals surface area contributed by atoms with Gasteiger partial charge in [-0.2, -0.15) is 5.26 Å². The lowest BCUT2D eigenvalue weighted by atomic mass is 9.75. The Kier molecular flexibility index (Phi) is 18.9. The molecule has 1 aliphatic rings. The molecule has 0 radical (unpaired) electrons. The maximum atomic E-state index is 9.68. The molecule has 1 saturated carbocycles. The van der Waals surface area contributed by atoms with Gasteiger partial charge in [-0.25, -0.2) is 4.98 Å². The maximum Gasteiger partial charge on any atom is 0.155 e. The zero-order chi connectivity index (χ0) is 36.7. The van der Waals surface area contributed by atoms with E-state index in [1.807, 2.05) is 27.7 Å². The molecule has 0 aromatic carbocycles. The quantitative estimate of drug-likeness (QED) is 0.175. The number of methoxy groups -OCH3 is 1. The molecule has 1 heterocycles. The standard InChI is InChI=1S/C37H60N2O4.2C2H6/c1-14-37(12,18-15-27(2)22-36(10,11)43-33(3,4)5)41-26-35(8,9)25-34(6,7)17-16-29-19-28(23-38)32(24-39-29)42-31-20-30(21-31)40-13;2*1-2/h19,24,27,30-31H,14-15,18,20-22,25-26H2,1-13H3;2*1-2H3. The molecule has 0 saturated heterocycles. The van der Waals surface area contributed by atoms with Gasteiger partial charge < -0.3 is 18.9 Å². The molecule has 2 unspecified atom stereocenters. The molecule has 1 aliphatic carbocycles. The summed E-state index contributed by atoms with van der Waals surface area (Å²) >= 11 is 0. The van der Waals surface area contributed by atoms with Gasteiger partial charge in [0.15, 0.2) is 5.75 Å². The van der Waals surface area contributed by atoms with Crippen LogP contribution in [0.4, 0.5) is 0 Å². The Morgan fingerprint density at radius 1 is 0.957 bits per heavy atom. The van der Waals surface area contributed by atoms with Gasteiger partial charge >= 0.3 is 0 Å². The minimum atomic E-state index is -0.257. The smallest absolute Gasteiger partial charge is 0.155 e. The third kappa shape index (κ3) is 17.7. The summed E-state index contributed by atoms with van der Waals surface area (Å²) < 4.78 is 24.3. The van der Waals surface area contributed by atoms with Crippen LogP contribution >= 0.6 is 0 Å². The predicted octanol–water partition coefficient (Wildman–Crippen LogP) is 10.9. The normalized spacial score (nSPS) is 18.4. The van der Waals surface area contributed by atoms with E-state index in [4.69, 9.17) is 18.9 Å². The van der Waals surface area contributed by atoms with E-state index in [9.17, 15) is 5.26 Å². The summed E-state index contributed by atoms with van der Waals surface area (Å²) in [7, 11) is 1.71. The van der Waals surface area contributed by atoms with E-state index in [1.54, 1.807) is 19.4 Å². The van der Waals surface area contributed by atoms with E-state index in [0.717, 1.165) is 44.9 Å². The number of hydrogen-bond donors (Lipinski definition) is 0. The molecule has 0 aliphatic heterocycles. The molecular weight excluding hydrogens is 584 g/mol. The summed E-state index contributed by atoms with van der Waals surface area (Å²) in [6.07, 6.45) is 8.59. The molecule has 1 fully saturated rings. The second-order valence-corrected chi connectivity index (χ2v) is 16.1. The first-order valence-electron chi connectivity index (χ1n) is 18.2. The second kappa shape index (κ2) is 19.8. The topological polar surface area (TPSA) is 73.6 Å². The summed E-state index contributed by atoms with van der Waals surface area (Å²) in [5.74, 6) is 7.70. The van der Waals surface area contributed by atoms with Crippen LogP contribution in [0.5, 0.6) is 5.75 Å². The number of aromatic nitrogens is 1. The highest BCUT2D eigenvalue weighted by atomic mass is 16.5. The van der Waals surface area contributed by atoms with Gasteiger partial charge in [0.1, 0.15) is 17.9 Å². The van der Waals surface area contributed by atoms with Crippen molar-refractivity contribution in [2.45, 2.75) is 185 Å². The van der Waals surface area contributed by atoms with Crippen molar-refractivity contribution in [1.82, 2.24) is 4.98 Å². The first-order chi connectivity index (χ1) is 21.7. The van der Waals surface area contributed by atoms with Crippen LogP contribution < -0.4 is 4.74 Å². The lowest BCUT2D eigenvalue weighted by molar-refractivity contribution is -0.123. The van der Waals surface area contributed by atoms with Gasteiger partial charge in [-0.15, -0.1) is 0 Å². The highest BCUT2D eigenvalue weighted by Crippen LogP contribution is 2.37. The number of rotatable bonds is 15. The second-order valence-electron chi connectivity index (χ2n) is 16.1. The van der Waals surface area contributed by atoms with Gasteiger partial charge in [0, 0.05) is 25.4 Å². The molecule has 0 N–H and O–H groups in total. The van der Waals surface area contributed by atoms with Gasteiger partial charge in [0.25, 0.3) is 0 Å². The lowest BCUT2D eigenvalue weighted by Gasteiger charge is -2.38. The molecular formula is C41H72N2O4. The van der Waals surface area contributed by atoms with Gasteiger partial charge in [0.2, 0.25) is 0 Å². The van der Waals surface area contributed by atoms with Crippen molar-refractivity contribution in [2.75, 3.05) is 13.7 Å². The van der Waals surface area contributed by atoms with Gasteiger partial charge in [0.05, 0.1) is 41.3 Å². The molecule has 1 aromatic heterocycles. The minimum Gasteiger partial charge on any atom is -0.487 e. The van der Waals surface area contributed by atoms with E-state index in [1.165, 1.54) is 0 Å². The van der Waals surface area contributed by atoms with Crippen molar-refractivity contribution in [3.63, 3.8) is 0 Å². The van der Waals surface area contributed by atoms with Crippen LogP contribution in [-0.4, -0.2) is 47.7 Å². The summed E-state index contributed by atoms with van der Waals surface area (Å²) in [5, 5.41) is 9.68. The highest BCUT2D eigenvalue weighted by Gasteiger charge is 2.34. The zero-order valence-electron chi connectivity index (χ0n) is 33.6. The molecule has 47 heavy (non-hydrogen) atoms. The van der Waals surface area contributed by atoms with Crippen LogP contribution in [0.25, 0.3) is 0 Å². The van der Waals surface area contributed by atoms with Crippen LogP contribution in [0.3, 0.4) is 0 Å². The van der Waals surface area contributed by atoms with E-state index in [-0.39, 0.29) is 39.8 Å². The van der Waals surface area contributed by atoms with Crippen molar-refractivity contribution in [2.24, 2.45) is 16.7 Å². The number of pyridine rings is 1. The number of nitriles is 1. The Morgan fingerprint density at radius 2 is 1.55 bits per heavy atom. The Bertz CT molecular complexity index is 1140. The van der Waals surface area contributed by atoms with E-state index in [2.05, 4.69) is 106 Å². The molecule has 6 heteroatoms. The van der Waals surface area contributed by atoms with Gasteiger partial charge in [-0.1, -0.05) is 61.3 Å². The van der Waals surface area contributed by atoms with Crippen LogP contribution in [-0.2, 0) is 14.2 Å². The highest BCUT2D eigenvalue weighted by molar-refractivity contribution is 5.46. The molecule has 1 aromatic rings. The number of ether oxygens (including phenoxy) is 4. The summed E-state index contributed by atoms with van der Waals surface area (Å²) in [5.41, 5.74) is 0.266. The zero-order valence-corrected chi connectivity index (χ0v) is 33.6. The molecule has 0 amide bonds. The van der Waals surface area contributed by atoms with Crippen molar-refractivity contribution in [1.29, 1.82) is 5.26 Å². The van der Waals surface area contributed by atoms with E-state index in [0.29, 0.717) is 29.5 Å². The Balaban J connectivity index is 0.00000508. The van der Waals surface area contributed by atoms with Crippen LogP contribution in [0.15, 0.2) is 12.3 Å². The molecule has 270 valence electrons. The molecule has 0 bridgehead atoms. The number of hydrogen-bond acceptors (Lipinski definition) is 6. The maximum absolute atomic E-state index is 9.68. The van der Waals surface area contributed by atoms with Crippen LogP contribution in [0.1, 0.15) is 167 Å². The third-order valence-electron chi connectivity index (χ3n) is 8.26. The first kappa shape index (κ1) is 44.9. The van der Waals surface area contributed by atoms with E-state index < -0.39 is 0 Å². The van der Waals surface area contributed by atoms with Crippen LogP contribution in [0, 0.1) is 39.9 Å². The summed E-state index contributed by atoms with van der Waals surface area (Å²) in [4.78, 5) is 4.48. The van der Waals surface area contributed by atoms with Crippen molar-refractivity contribution in [3.8, 4) is 23.7 Å². The fraction of sp³-hybridized carbons (Fsp3) is 0.805. The summed E-state index contributed by atoms with van der Waals surface area (Å²) in [6.45, 7) is 35.1. The molecule has 6 nitrogen and oxygen atoms in total. The van der Waals surface area contributed by atoms with Crippen molar-refractivity contribution < 1.29 is 18.9 Å². The van der Waals surface area contributed by atoms with Crippen molar-refractivity contribution >= 4 is 0 Å². The van der Waals surface area contributed by atoms with Gasteiger partial charge in [-0.05, 0) is 111 Å². The Labute approximate surface area is 291 Å². The average Bonchev–Trinajstić information content (AvgIpc) is 2.96. The first-order valence-corrected chi connectivity index (χ1v) is 18.2. The molecule has 2 atom stereocenters. The third-order valence-corrected chi connectivity index (χ3v) is 8.26. The Morgan fingerprint density at radius 3 is 2.06 bits per heavy atom. The average molecular weight is 657 g/mol. The largest absolute Gasteiger partial charge is 0.487 e. The van der Waals surface area contributed by atoms with Gasteiger partial charge in [-0.3, -0.25) is 0 Å². The Hall–Kier alpha value is -2.12. The molecule has 2 rings (SSSR count). The monoisotopic (exact) mass is 657 g/mol. The fourth-order valence-electron chi connectivity index (χ4n) is 6.29. The van der Waals surface area contributed by atoms with E-state index >= 15 is 0 Å². The lowest BCUT2D eigenvalue weighted by Crippen LogP contribution is -2.39. The SMILES string of the molecule is CC.CC.CCC(C)(CCC(C)CC(C)(C)OC(C)(C)C)OCC(C)(C)CC(C)(C)C#Cc1cc(C#N)c(OC2CC(OC)C2)cn1. The fourth-order valence-corrected chi connectivity index (χ4v) is 6.29. The minimum absolute atomic E-state index is 0.0610. The molecule has 0 spiro atoms. The van der Waals surface area contributed by atoms with Crippen LogP contribution in [0.2, 0.25) is 0 Å².